The molecule has 2 aromatic heterocycles. The van der Waals surface area contributed by atoms with Crippen molar-refractivity contribution < 1.29 is 9.53 Å². The molecule has 3 aromatic rings. The number of aromatic nitrogens is 2. The van der Waals surface area contributed by atoms with Gasteiger partial charge in [-0.25, -0.2) is 9.97 Å². The Morgan fingerprint density at radius 3 is 2.68 bits per heavy atom. The Kier molecular flexibility index (Phi) is 5.31. The predicted molar refractivity (Wildman–Crippen MR) is 112 cm³/mol. The first-order valence-corrected chi connectivity index (χ1v) is 10.6. The number of aryl methyl sites for hydroxylation is 2. The summed E-state index contributed by atoms with van der Waals surface area (Å²) < 4.78 is 5.72. The Morgan fingerprint density at radius 1 is 1.21 bits per heavy atom. The molecule has 0 aliphatic heterocycles. The fourth-order valence-corrected chi connectivity index (χ4v) is 4.60. The lowest BCUT2D eigenvalue weighted by Gasteiger charge is -2.17. The van der Waals surface area contributed by atoms with Gasteiger partial charge in [-0.3, -0.25) is 4.79 Å². The molecular weight excluding hydrogens is 370 g/mol. The molecule has 0 radical (unpaired) electrons. The van der Waals surface area contributed by atoms with E-state index in [1.807, 2.05) is 51.2 Å². The van der Waals surface area contributed by atoms with Crippen molar-refractivity contribution in [2.45, 2.75) is 39.0 Å². The van der Waals surface area contributed by atoms with Gasteiger partial charge in [0.1, 0.15) is 16.4 Å². The lowest BCUT2D eigenvalue weighted by Crippen LogP contribution is -2.28. The molecule has 2 heterocycles. The van der Waals surface area contributed by atoms with E-state index < -0.39 is 0 Å². The second-order valence-electron chi connectivity index (χ2n) is 7.42. The second kappa shape index (κ2) is 7.87. The predicted octanol–water partition coefficient (Wildman–Crippen LogP) is 4.73. The Bertz CT molecular complexity index is 996. The fraction of sp³-hybridized carbons (Fsp3) is 0.409. The number of thiophene rings is 1. The van der Waals surface area contributed by atoms with E-state index in [4.69, 9.17) is 9.72 Å². The molecule has 0 unspecified atom stereocenters. The highest BCUT2D eigenvalue weighted by Gasteiger charge is 2.29. The van der Waals surface area contributed by atoms with Crippen molar-refractivity contribution in [3.63, 3.8) is 0 Å². The van der Waals surface area contributed by atoms with Gasteiger partial charge in [-0.15, -0.1) is 11.3 Å². The number of amides is 1. The first-order valence-electron chi connectivity index (χ1n) is 9.75. The topological polar surface area (TPSA) is 55.3 Å². The molecule has 1 aliphatic carbocycles. The first-order chi connectivity index (χ1) is 13.5. The molecule has 1 fully saturated rings. The van der Waals surface area contributed by atoms with Gasteiger partial charge < -0.3 is 9.64 Å². The quantitative estimate of drug-likeness (QED) is 0.543. The minimum absolute atomic E-state index is 0.0487. The lowest BCUT2D eigenvalue weighted by atomic mass is 10.1. The number of carbonyl (C=O) groups excluding carboxylic acids is 1. The first kappa shape index (κ1) is 18.9. The van der Waals surface area contributed by atoms with Crippen LogP contribution in [0.4, 0.5) is 0 Å². The summed E-state index contributed by atoms with van der Waals surface area (Å²) in [4.78, 5) is 25.9. The molecule has 6 heteroatoms. The molecule has 0 saturated heterocycles. The molecule has 0 N–H and O–H groups in total. The van der Waals surface area contributed by atoms with Gasteiger partial charge in [0, 0.05) is 24.9 Å². The SMILES string of the molecule is Cc1nc(C2CC2)nc2sc(C(=O)N(C)CCCOc3ccccc3)c(C)c12. The smallest absolute Gasteiger partial charge is 0.264 e. The van der Waals surface area contributed by atoms with Gasteiger partial charge in [-0.1, -0.05) is 18.2 Å². The molecular formula is C22H25N3O2S. The lowest BCUT2D eigenvalue weighted by molar-refractivity contribution is 0.0792. The zero-order chi connectivity index (χ0) is 19.7. The summed E-state index contributed by atoms with van der Waals surface area (Å²) in [6, 6.07) is 9.75. The summed E-state index contributed by atoms with van der Waals surface area (Å²) >= 11 is 1.50. The normalized spacial score (nSPS) is 13.7. The van der Waals surface area contributed by atoms with Crippen LogP contribution in [0.5, 0.6) is 5.75 Å². The van der Waals surface area contributed by atoms with Crippen molar-refractivity contribution in [3.8, 4) is 5.75 Å². The molecule has 146 valence electrons. The van der Waals surface area contributed by atoms with Crippen LogP contribution in [0.1, 0.15) is 51.9 Å². The third kappa shape index (κ3) is 3.87. The van der Waals surface area contributed by atoms with E-state index in [0.29, 0.717) is 19.1 Å². The number of carbonyl (C=O) groups is 1. The van der Waals surface area contributed by atoms with E-state index in [1.54, 1.807) is 4.90 Å². The average molecular weight is 396 g/mol. The van der Waals surface area contributed by atoms with Crippen LogP contribution >= 0.6 is 11.3 Å². The van der Waals surface area contributed by atoms with Crippen molar-refractivity contribution >= 4 is 27.5 Å². The number of rotatable bonds is 7. The van der Waals surface area contributed by atoms with Crippen LogP contribution in [0.25, 0.3) is 10.2 Å². The Labute approximate surface area is 169 Å². The van der Waals surface area contributed by atoms with Gasteiger partial charge in [0.15, 0.2) is 0 Å². The van der Waals surface area contributed by atoms with Crippen LogP contribution in [0, 0.1) is 13.8 Å². The van der Waals surface area contributed by atoms with Gasteiger partial charge in [-0.05, 0) is 50.8 Å². The molecule has 4 rings (SSSR count). The number of para-hydroxylation sites is 1. The van der Waals surface area contributed by atoms with Crippen molar-refractivity contribution in [2.75, 3.05) is 20.2 Å². The number of hydrogen-bond donors (Lipinski definition) is 0. The molecule has 5 nitrogen and oxygen atoms in total. The van der Waals surface area contributed by atoms with E-state index in [1.165, 1.54) is 24.2 Å². The van der Waals surface area contributed by atoms with Gasteiger partial charge in [0.25, 0.3) is 5.91 Å². The molecule has 1 aliphatic rings. The summed E-state index contributed by atoms with van der Waals surface area (Å²) in [7, 11) is 1.85. The standard InChI is InChI=1S/C22H25N3O2S/c1-14-18-15(2)23-20(16-10-11-16)24-21(18)28-19(14)22(26)25(3)12-7-13-27-17-8-5-4-6-9-17/h4-6,8-9,16H,7,10-13H2,1-3H3. The molecule has 28 heavy (non-hydrogen) atoms. The monoisotopic (exact) mass is 395 g/mol. The maximum absolute atomic E-state index is 13.0. The molecule has 1 amide bonds. The van der Waals surface area contributed by atoms with Crippen LogP contribution in [0.15, 0.2) is 30.3 Å². The maximum atomic E-state index is 13.0. The van der Waals surface area contributed by atoms with E-state index in [0.717, 1.165) is 44.3 Å². The zero-order valence-corrected chi connectivity index (χ0v) is 17.4. The van der Waals surface area contributed by atoms with Crippen LogP contribution < -0.4 is 4.74 Å². The summed E-state index contributed by atoms with van der Waals surface area (Å²) in [6.45, 7) is 5.26. The summed E-state index contributed by atoms with van der Waals surface area (Å²) in [5.74, 6) is 2.36. The van der Waals surface area contributed by atoms with Crippen molar-refractivity contribution in [1.29, 1.82) is 0 Å². The number of hydrogen-bond acceptors (Lipinski definition) is 5. The summed E-state index contributed by atoms with van der Waals surface area (Å²) in [5.41, 5.74) is 1.98. The van der Waals surface area contributed by atoms with E-state index >= 15 is 0 Å². The Hall–Kier alpha value is -2.47. The maximum Gasteiger partial charge on any atom is 0.264 e. The molecule has 0 spiro atoms. The highest BCUT2D eigenvalue weighted by Crippen LogP contribution is 2.40. The number of nitrogens with zero attached hydrogens (tertiary/aromatic N) is 3. The van der Waals surface area contributed by atoms with Gasteiger partial charge in [0.2, 0.25) is 0 Å². The second-order valence-corrected chi connectivity index (χ2v) is 8.42. The highest BCUT2D eigenvalue weighted by molar-refractivity contribution is 7.20. The molecule has 0 atom stereocenters. The van der Waals surface area contributed by atoms with Crippen molar-refractivity contribution in [2.24, 2.45) is 0 Å². The third-order valence-corrected chi connectivity index (χ3v) is 6.30. The highest BCUT2D eigenvalue weighted by atomic mass is 32.1. The fourth-order valence-electron chi connectivity index (χ4n) is 3.37. The third-order valence-electron chi connectivity index (χ3n) is 5.12. The van der Waals surface area contributed by atoms with E-state index in [9.17, 15) is 4.79 Å². The summed E-state index contributed by atoms with van der Waals surface area (Å²) in [6.07, 6.45) is 3.13. The van der Waals surface area contributed by atoms with Gasteiger partial charge in [-0.2, -0.15) is 0 Å². The largest absolute Gasteiger partial charge is 0.494 e. The molecule has 1 aromatic carbocycles. The van der Waals surface area contributed by atoms with E-state index in [-0.39, 0.29) is 5.91 Å². The minimum Gasteiger partial charge on any atom is -0.494 e. The van der Waals surface area contributed by atoms with Crippen LogP contribution in [-0.4, -0.2) is 41.0 Å². The minimum atomic E-state index is 0.0487. The van der Waals surface area contributed by atoms with Crippen molar-refractivity contribution in [3.05, 3.63) is 52.3 Å². The van der Waals surface area contributed by atoms with Crippen LogP contribution in [0.2, 0.25) is 0 Å². The Morgan fingerprint density at radius 2 is 1.96 bits per heavy atom. The molecule has 1 saturated carbocycles. The number of benzene rings is 1. The molecule has 0 bridgehead atoms. The van der Waals surface area contributed by atoms with E-state index in [2.05, 4.69) is 4.98 Å². The van der Waals surface area contributed by atoms with Gasteiger partial charge >= 0.3 is 0 Å². The Balaban J connectivity index is 1.42. The van der Waals surface area contributed by atoms with Crippen LogP contribution in [-0.2, 0) is 0 Å². The summed E-state index contributed by atoms with van der Waals surface area (Å²) in [5, 5.41) is 1.04. The number of ether oxygens (including phenoxy) is 1. The van der Waals surface area contributed by atoms with Gasteiger partial charge in [0.05, 0.1) is 17.2 Å². The van der Waals surface area contributed by atoms with Crippen LogP contribution in [0.3, 0.4) is 0 Å². The number of fused-ring (bicyclic) bond motifs is 1. The van der Waals surface area contributed by atoms with Crippen molar-refractivity contribution in [1.82, 2.24) is 14.9 Å². The average Bonchev–Trinajstić information content (AvgIpc) is 3.49. The zero-order valence-electron chi connectivity index (χ0n) is 16.6.